The number of aromatic nitrogens is 4. The predicted octanol–water partition coefficient (Wildman–Crippen LogP) is 4.05. The fourth-order valence-corrected chi connectivity index (χ4v) is 3.95. The summed E-state index contributed by atoms with van der Waals surface area (Å²) in [6.07, 6.45) is 6.32. The highest BCUT2D eigenvalue weighted by Crippen LogP contribution is 2.26. The Morgan fingerprint density at radius 3 is 2.50 bits per heavy atom. The molecule has 30 heavy (non-hydrogen) atoms. The minimum atomic E-state index is -3.25. The second-order valence-corrected chi connectivity index (χ2v) is 9.59. The van der Waals surface area contributed by atoms with Gasteiger partial charge in [0.25, 0.3) is 0 Å². The first kappa shape index (κ1) is 20.2. The summed E-state index contributed by atoms with van der Waals surface area (Å²) in [5.41, 5.74) is 3.72. The highest BCUT2D eigenvalue weighted by Gasteiger charge is 2.14. The molecular formula is C22H21FN4O2S. The van der Waals surface area contributed by atoms with Gasteiger partial charge in [0.15, 0.2) is 15.7 Å². The zero-order valence-electron chi connectivity index (χ0n) is 16.9. The van der Waals surface area contributed by atoms with Crippen molar-refractivity contribution in [1.82, 2.24) is 19.6 Å². The molecule has 0 bridgehead atoms. The van der Waals surface area contributed by atoms with Crippen molar-refractivity contribution in [1.29, 1.82) is 0 Å². The van der Waals surface area contributed by atoms with E-state index in [1.54, 1.807) is 41.0 Å². The molecule has 154 valence electrons. The Morgan fingerprint density at radius 2 is 1.83 bits per heavy atom. The Bertz CT molecular complexity index is 1330. The van der Waals surface area contributed by atoms with Crippen LogP contribution in [0.25, 0.3) is 16.8 Å². The summed E-state index contributed by atoms with van der Waals surface area (Å²) in [6, 6.07) is 10.2. The van der Waals surface area contributed by atoms with Crippen molar-refractivity contribution in [3.05, 3.63) is 77.8 Å². The first-order chi connectivity index (χ1) is 14.2. The molecule has 0 saturated heterocycles. The number of sulfone groups is 1. The molecule has 0 fully saturated rings. The van der Waals surface area contributed by atoms with E-state index in [-0.39, 0.29) is 10.6 Å². The average Bonchev–Trinajstić information content (AvgIpc) is 3.12. The highest BCUT2D eigenvalue weighted by atomic mass is 32.2. The molecule has 0 saturated carbocycles. The number of hydrogen-bond donors (Lipinski definition) is 0. The normalized spacial score (nSPS) is 12.0. The number of benzene rings is 1. The van der Waals surface area contributed by atoms with Crippen LogP contribution in [0.5, 0.6) is 0 Å². The van der Waals surface area contributed by atoms with Gasteiger partial charge < -0.3 is 0 Å². The summed E-state index contributed by atoms with van der Waals surface area (Å²) in [7, 11) is -3.25. The number of halogens is 1. The van der Waals surface area contributed by atoms with Crippen LogP contribution in [0.15, 0.2) is 59.9 Å². The maximum absolute atomic E-state index is 14.5. The highest BCUT2D eigenvalue weighted by molar-refractivity contribution is 7.90. The smallest absolute Gasteiger partial charge is 0.175 e. The Morgan fingerprint density at radius 1 is 1.10 bits per heavy atom. The molecule has 0 unspecified atom stereocenters. The van der Waals surface area contributed by atoms with Gasteiger partial charge >= 0.3 is 0 Å². The third-order valence-corrected chi connectivity index (χ3v) is 6.08. The van der Waals surface area contributed by atoms with Gasteiger partial charge in [0.2, 0.25) is 0 Å². The minimum Gasteiger partial charge on any atom is -0.241 e. The lowest BCUT2D eigenvalue weighted by Crippen LogP contribution is -2.02. The molecule has 1 aromatic carbocycles. The molecule has 0 atom stereocenters. The molecule has 3 heterocycles. The van der Waals surface area contributed by atoms with Gasteiger partial charge in [0.1, 0.15) is 11.5 Å². The maximum atomic E-state index is 14.5. The summed E-state index contributed by atoms with van der Waals surface area (Å²) >= 11 is 0. The number of hydrogen-bond acceptors (Lipinski definition) is 5. The third-order valence-electron chi connectivity index (χ3n) is 4.95. The van der Waals surface area contributed by atoms with Gasteiger partial charge in [-0.25, -0.2) is 27.3 Å². The third kappa shape index (κ3) is 3.95. The summed E-state index contributed by atoms with van der Waals surface area (Å²) in [5.74, 6) is 0.246. The number of pyridine rings is 1. The van der Waals surface area contributed by atoms with Crippen LogP contribution >= 0.6 is 0 Å². The second kappa shape index (κ2) is 7.60. The molecule has 0 radical (unpaired) electrons. The van der Waals surface area contributed by atoms with Crippen LogP contribution in [0.4, 0.5) is 4.39 Å². The van der Waals surface area contributed by atoms with E-state index < -0.39 is 15.7 Å². The SMILES string of the molecule is CC(C)c1cnn2ccc(-c3nc(Cc4ccc(S(C)(=O)=O)cc4)ncc3F)cc12. The van der Waals surface area contributed by atoms with Gasteiger partial charge in [0.05, 0.1) is 22.8 Å². The Hall–Kier alpha value is -3.13. The number of nitrogens with zero attached hydrogens (tertiary/aromatic N) is 4. The minimum absolute atomic E-state index is 0.228. The standard InChI is InChI=1S/C22H21FN4O2S/c1-14(2)18-12-25-27-9-8-16(11-20(18)27)22-19(23)13-24-21(26-22)10-15-4-6-17(7-5-15)30(3,28)29/h4-9,11-14H,10H2,1-3H3. The maximum Gasteiger partial charge on any atom is 0.175 e. The largest absolute Gasteiger partial charge is 0.241 e. The molecule has 0 aliphatic rings. The molecule has 6 nitrogen and oxygen atoms in total. The van der Waals surface area contributed by atoms with Crippen LogP contribution in [-0.2, 0) is 16.3 Å². The van der Waals surface area contributed by atoms with E-state index in [1.807, 2.05) is 12.3 Å². The van der Waals surface area contributed by atoms with Crippen LogP contribution in [0.3, 0.4) is 0 Å². The molecule has 8 heteroatoms. The molecule has 4 aromatic rings. The Kier molecular flexibility index (Phi) is 5.11. The molecular weight excluding hydrogens is 403 g/mol. The van der Waals surface area contributed by atoms with Crippen molar-refractivity contribution in [2.75, 3.05) is 6.26 Å². The van der Waals surface area contributed by atoms with Crippen molar-refractivity contribution in [2.24, 2.45) is 0 Å². The van der Waals surface area contributed by atoms with E-state index in [4.69, 9.17) is 0 Å². The van der Waals surface area contributed by atoms with Crippen molar-refractivity contribution in [3.63, 3.8) is 0 Å². The summed E-state index contributed by atoms with van der Waals surface area (Å²) in [6.45, 7) is 4.17. The summed E-state index contributed by atoms with van der Waals surface area (Å²) in [5, 5.41) is 4.34. The van der Waals surface area contributed by atoms with E-state index in [9.17, 15) is 12.8 Å². The molecule has 0 N–H and O–H groups in total. The van der Waals surface area contributed by atoms with Crippen LogP contribution < -0.4 is 0 Å². The van der Waals surface area contributed by atoms with Gasteiger partial charge in [-0.15, -0.1) is 0 Å². The van der Waals surface area contributed by atoms with Gasteiger partial charge in [-0.1, -0.05) is 26.0 Å². The van der Waals surface area contributed by atoms with E-state index >= 15 is 0 Å². The van der Waals surface area contributed by atoms with Crippen LogP contribution in [-0.4, -0.2) is 34.3 Å². The van der Waals surface area contributed by atoms with Gasteiger partial charge in [0, 0.05) is 30.0 Å². The zero-order chi connectivity index (χ0) is 21.5. The fraction of sp³-hybridized carbons (Fsp3) is 0.227. The molecule has 0 amide bonds. The second-order valence-electron chi connectivity index (χ2n) is 7.58. The van der Waals surface area contributed by atoms with E-state index in [2.05, 4.69) is 28.9 Å². The Balaban J connectivity index is 1.68. The Labute approximate surface area is 174 Å². The van der Waals surface area contributed by atoms with Gasteiger partial charge in [-0.05, 0) is 35.7 Å². The average molecular weight is 425 g/mol. The van der Waals surface area contributed by atoms with Crippen LogP contribution in [0.1, 0.15) is 36.7 Å². The zero-order valence-corrected chi connectivity index (χ0v) is 17.7. The summed E-state index contributed by atoms with van der Waals surface area (Å²) < 4.78 is 39.5. The topological polar surface area (TPSA) is 77.2 Å². The van der Waals surface area contributed by atoms with Crippen molar-refractivity contribution < 1.29 is 12.8 Å². The molecule has 0 spiro atoms. The molecule has 4 rings (SSSR count). The van der Waals surface area contributed by atoms with Crippen molar-refractivity contribution in [2.45, 2.75) is 31.1 Å². The lowest BCUT2D eigenvalue weighted by Gasteiger charge is -2.08. The monoisotopic (exact) mass is 424 g/mol. The molecule has 3 aromatic heterocycles. The fourth-order valence-electron chi connectivity index (χ4n) is 3.32. The quantitative estimate of drug-likeness (QED) is 0.483. The lowest BCUT2D eigenvalue weighted by molar-refractivity contribution is 0.602. The predicted molar refractivity (Wildman–Crippen MR) is 113 cm³/mol. The molecule has 0 aliphatic heterocycles. The van der Waals surface area contributed by atoms with E-state index in [1.165, 1.54) is 12.5 Å². The van der Waals surface area contributed by atoms with Crippen molar-refractivity contribution in [3.8, 4) is 11.3 Å². The number of fused-ring (bicyclic) bond motifs is 1. The lowest BCUT2D eigenvalue weighted by atomic mass is 10.0. The van der Waals surface area contributed by atoms with E-state index in [0.717, 1.165) is 16.6 Å². The van der Waals surface area contributed by atoms with Crippen molar-refractivity contribution >= 4 is 15.4 Å². The van der Waals surface area contributed by atoms with Crippen LogP contribution in [0, 0.1) is 5.82 Å². The van der Waals surface area contributed by atoms with E-state index in [0.29, 0.717) is 23.7 Å². The first-order valence-corrected chi connectivity index (χ1v) is 11.4. The molecule has 0 aliphatic carbocycles. The number of rotatable bonds is 5. The van der Waals surface area contributed by atoms with Gasteiger partial charge in [-0.2, -0.15) is 5.10 Å². The van der Waals surface area contributed by atoms with Crippen LogP contribution in [0.2, 0.25) is 0 Å². The van der Waals surface area contributed by atoms with Gasteiger partial charge in [-0.3, -0.25) is 0 Å². The first-order valence-electron chi connectivity index (χ1n) is 9.50. The summed E-state index contributed by atoms with van der Waals surface area (Å²) in [4.78, 5) is 8.80.